The molecule has 5 nitrogen and oxygen atoms in total. The summed E-state index contributed by atoms with van der Waals surface area (Å²) in [6, 6.07) is 5.58. The Morgan fingerprint density at radius 1 is 1.32 bits per heavy atom. The summed E-state index contributed by atoms with van der Waals surface area (Å²) in [6.07, 6.45) is 1.91. The van der Waals surface area contributed by atoms with E-state index in [9.17, 15) is 9.90 Å². The van der Waals surface area contributed by atoms with Crippen molar-refractivity contribution in [2.24, 2.45) is 0 Å². The van der Waals surface area contributed by atoms with Crippen molar-refractivity contribution in [1.29, 1.82) is 0 Å². The van der Waals surface area contributed by atoms with E-state index in [1.165, 1.54) is 0 Å². The molecule has 1 aliphatic rings. The van der Waals surface area contributed by atoms with Crippen LogP contribution in [0.5, 0.6) is 11.5 Å². The number of anilines is 1. The molecule has 0 saturated carbocycles. The molecule has 104 valence electrons. The first-order valence-electron chi connectivity index (χ1n) is 6.33. The zero-order chi connectivity index (χ0) is 13.8. The zero-order valence-electron chi connectivity index (χ0n) is 11.2. The summed E-state index contributed by atoms with van der Waals surface area (Å²) in [5.41, 5.74) is 0.931. The van der Waals surface area contributed by atoms with Crippen LogP contribution in [0.2, 0.25) is 0 Å². The highest BCUT2D eigenvalue weighted by Gasteiger charge is 2.25. The molecular formula is C14H18NO4-. The van der Waals surface area contributed by atoms with Crippen LogP contribution in [0.25, 0.3) is 0 Å². The molecule has 0 radical (unpaired) electrons. The van der Waals surface area contributed by atoms with Crippen LogP contribution in [0.3, 0.4) is 0 Å². The van der Waals surface area contributed by atoms with Crippen LogP contribution in [0, 0.1) is 0 Å². The topological polar surface area (TPSA) is 61.8 Å². The van der Waals surface area contributed by atoms with Crippen LogP contribution in [-0.4, -0.2) is 32.8 Å². The second kappa shape index (κ2) is 5.82. The van der Waals surface area contributed by atoms with E-state index in [0.29, 0.717) is 11.5 Å². The Kier molecular flexibility index (Phi) is 4.14. The lowest BCUT2D eigenvalue weighted by Gasteiger charge is -2.27. The number of carbonyl (C=O) groups is 1. The first-order valence-corrected chi connectivity index (χ1v) is 6.33. The summed E-state index contributed by atoms with van der Waals surface area (Å²) in [5, 5.41) is 10.8. The molecule has 0 N–H and O–H groups in total. The number of nitrogens with zero attached hydrogens (tertiary/aromatic N) is 1. The molecule has 1 heterocycles. The van der Waals surface area contributed by atoms with Crippen molar-refractivity contribution in [3.05, 3.63) is 18.2 Å². The lowest BCUT2D eigenvalue weighted by Crippen LogP contribution is -2.35. The lowest BCUT2D eigenvalue weighted by molar-refractivity contribution is -0.306. The molecule has 1 saturated heterocycles. The van der Waals surface area contributed by atoms with Gasteiger partial charge in [-0.15, -0.1) is 0 Å². The van der Waals surface area contributed by atoms with Crippen molar-refractivity contribution in [2.45, 2.75) is 25.3 Å². The average Bonchev–Trinajstić information content (AvgIpc) is 2.85. The van der Waals surface area contributed by atoms with Crippen LogP contribution < -0.4 is 19.5 Å². The average molecular weight is 264 g/mol. The monoisotopic (exact) mass is 264 g/mol. The van der Waals surface area contributed by atoms with Crippen molar-refractivity contribution in [3.8, 4) is 11.5 Å². The lowest BCUT2D eigenvalue weighted by atomic mass is 10.1. The minimum absolute atomic E-state index is 0.0122. The highest BCUT2D eigenvalue weighted by molar-refractivity contribution is 5.67. The van der Waals surface area contributed by atoms with Gasteiger partial charge in [0.1, 0.15) is 11.5 Å². The molecule has 1 aromatic carbocycles. The third kappa shape index (κ3) is 3.10. The molecule has 0 spiro atoms. The van der Waals surface area contributed by atoms with Gasteiger partial charge in [-0.2, -0.15) is 0 Å². The second-order valence-corrected chi connectivity index (χ2v) is 4.64. The normalized spacial score (nSPS) is 18.4. The molecule has 1 unspecified atom stereocenters. The molecule has 1 atom stereocenters. The van der Waals surface area contributed by atoms with Crippen molar-refractivity contribution in [1.82, 2.24) is 0 Å². The predicted octanol–water partition coefficient (Wildman–Crippen LogP) is 0.813. The van der Waals surface area contributed by atoms with Gasteiger partial charge in [-0.3, -0.25) is 0 Å². The molecule has 0 aromatic heterocycles. The highest BCUT2D eigenvalue weighted by Crippen LogP contribution is 2.33. The maximum absolute atomic E-state index is 10.8. The fourth-order valence-corrected chi connectivity index (χ4v) is 2.54. The third-order valence-electron chi connectivity index (χ3n) is 3.45. The SMILES string of the molecule is COc1cc(OC)cc(N2CCCC2CC(=O)[O-])c1. The van der Waals surface area contributed by atoms with Gasteiger partial charge in [0, 0.05) is 48.9 Å². The van der Waals surface area contributed by atoms with E-state index in [2.05, 4.69) is 4.90 Å². The molecule has 19 heavy (non-hydrogen) atoms. The van der Waals surface area contributed by atoms with E-state index in [4.69, 9.17) is 9.47 Å². The zero-order valence-corrected chi connectivity index (χ0v) is 11.2. The van der Waals surface area contributed by atoms with Gasteiger partial charge in [-0.05, 0) is 12.8 Å². The Bertz CT molecular complexity index is 439. The van der Waals surface area contributed by atoms with E-state index < -0.39 is 5.97 Å². The predicted molar refractivity (Wildman–Crippen MR) is 69.5 cm³/mol. The van der Waals surface area contributed by atoms with Crippen LogP contribution >= 0.6 is 0 Å². The molecule has 0 aliphatic carbocycles. The van der Waals surface area contributed by atoms with E-state index in [1.807, 2.05) is 12.1 Å². The van der Waals surface area contributed by atoms with E-state index in [-0.39, 0.29) is 12.5 Å². The van der Waals surface area contributed by atoms with Crippen molar-refractivity contribution in [2.75, 3.05) is 25.7 Å². The summed E-state index contributed by atoms with van der Waals surface area (Å²) in [4.78, 5) is 12.9. The number of hydrogen-bond donors (Lipinski definition) is 0. The summed E-state index contributed by atoms with van der Waals surface area (Å²) in [5.74, 6) is 0.397. The molecule has 1 fully saturated rings. The van der Waals surface area contributed by atoms with Gasteiger partial charge in [0.25, 0.3) is 0 Å². The maximum Gasteiger partial charge on any atom is 0.124 e. The Labute approximate surface area is 112 Å². The van der Waals surface area contributed by atoms with Crippen molar-refractivity contribution >= 4 is 11.7 Å². The summed E-state index contributed by atoms with van der Waals surface area (Å²) < 4.78 is 10.5. The maximum atomic E-state index is 10.8. The summed E-state index contributed by atoms with van der Waals surface area (Å²) in [7, 11) is 3.20. The van der Waals surface area contributed by atoms with E-state index in [0.717, 1.165) is 25.1 Å². The van der Waals surface area contributed by atoms with Crippen LogP contribution in [0.4, 0.5) is 5.69 Å². The first-order chi connectivity index (χ1) is 9.13. The third-order valence-corrected chi connectivity index (χ3v) is 3.45. The number of methoxy groups -OCH3 is 2. The van der Waals surface area contributed by atoms with Gasteiger partial charge in [-0.1, -0.05) is 0 Å². The molecule has 0 amide bonds. The Morgan fingerprint density at radius 3 is 2.47 bits per heavy atom. The molecule has 5 heteroatoms. The van der Waals surface area contributed by atoms with Gasteiger partial charge < -0.3 is 24.3 Å². The van der Waals surface area contributed by atoms with Crippen LogP contribution in [0.1, 0.15) is 19.3 Å². The first kappa shape index (κ1) is 13.5. The molecule has 2 rings (SSSR count). The van der Waals surface area contributed by atoms with Crippen molar-refractivity contribution in [3.63, 3.8) is 0 Å². The van der Waals surface area contributed by atoms with Gasteiger partial charge in [0.15, 0.2) is 0 Å². The van der Waals surface area contributed by atoms with Gasteiger partial charge in [-0.25, -0.2) is 0 Å². The number of ether oxygens (including phenoxy) is 2. The Hall–Kier alpha value is -1.91. The molecule has 1 aliphatic heterocycles. The van der Waals surface area contributed by atoms with Crippen LogP contribution in [-0.2, 0) is 4.79 Å². The number of rotatable bonds is 5. The molecule has 1 aromatic rings. The molecular weight excluding hydrogens is 246 g/mol. The fourth-order valence-electron chi connectivity index (χ4n) is 2.54. The second-order valence-electron chi connectivity index (χ2n) is 4.64. The summed E-state index contributed by atoms with van der Waals surface area (Å²) >= 11 is 0. The number of carboxylic acid groups (broad SMARTS) is 1. The van der Waals surface area contributed by atoms with E-state index >= 15 is 0 Å². The summed E-state index contributed by atoms with van der Waals surface area (Å²) in [6.45, 7) is 0.842. The van der Waals surface area contributed by atoms with E-state index in [1.54, 1.807) is 20.3 Å². The number of hydrogen-bond acceptors (Lipinski definition) is 5. The Morgan fingerprint density at radius 2 is 1.95 bits per heavy atom. The minimum atomic E-state index is -1.01. The number of benzene rings is 1. The number of carbonyl (C=O) groups excluding carboxylic acids is 1. The highest BCUT2D eigenvalue weighted by atomic mass is 16.5. The van der Waals surface area contributed by atoms with Crippen molar-refractivity contribution < 1.29 is 19.4 Å². The van der Waals surface area contributed by atoms with Gasteiger partial charge >= 0.3 is 0 Å². The Balaban J connectivity index is 2.26. The fraction of sp³-hybridized carbons (Fsp3) is 0.500. The largest absolute Gasteiger partial charge is 0.550 e. The smallest absolute Gasteiger partial charge is 0.124 e. The quantitative estimate of drug-likeness (QED) is 0.787. The van der Waals surface area contributed by atoms with Gasteiger partial charge in [0.05, 0.1) is 14.2 Å². The van der Waals surface area contributed by atoms with Crippen LogP contribution in [0.15, 0.2) is 18.2 Å². The minimum Gasteiger partial charge on any atom is -0.550 e. The molecule has 0 bridgehead atoms. The van der Waals surface area contributed by atoms with Gasteiger partial charge in [0.2, 0.25) is 0 Å². The number of aliphatic carboxylic acids is 1. The number of carboxylic acids is 1. The standard InChI is InChI=1S/C14H19NO4/c1-18-12-6-11(7-13(9-12)19-2)15-5-3-4-10(15)8-14(16)17/h6-7,9-10H,3-5,8H2,1-2H3,(H,16,17)/p-1.